The highest BCUT2D eigenvalue weighted by atomic mass is 32.1. The second-order valence-corrected chi connectivity index (χ2v) is 7.81. The van der Waals surface area contributed by atoms with Gasteiger partial charge in [0, 0.05) is 35.7 Å². The maximum absolute atomic E-state index is 12.4. The molecule has 176 valence electrons. The minimum atomic E-state index is -4.78. The predicted octanol–water partition coefficient (Wildman–Crippen LogP) is 5.47. The third-order valence-electron chi connectivity index (χ3n) is 4.55. The first-order chi connectivity index (χ1) is 16.2. The lowest BCUT2D eigenvalue weighted by Gasteiger charge is -2.13. The molecule has 0 atom stereocenters. The van der Waals surface area contributed by atoms with E-state index in [4.69, 9.17) is 17.0 Å². The van der Waals surface area contributed by atoms with Crippen LogP contribution >= 0.6 is 12.2 Å². The maximum atomic E-state index is 12.4. The van der Waals surface area contributed by atoms with Gasteiger partial charge in [-0.2, -0.15) is 0 Å². The predicted molar refractivity (Wildman–Crippen MR) is 124 cm³/mol. The number of amides is 1. The first kappa shape index (κ1) is 23.3. The fourth-order valence-electron chi connectivity index (χ4n) is 2.89. The molecule has 0 bridgehead atoms. The molecule has 0 unspecified atom stereocenters. The fourth-order valence-corrected chi connectivity index (χ4v) is 3.13. The average Bonchev–Trinajstić information content (AvgIpc) is 3.58. The van der Waals surface area contributed by atoms with E-state index in [1.54, 1.807) is 42.5 Å². The van der Waals surface area contributed by atoms with E-state index in [1.807, 2.05) is 0 Å². The summed E-state index contributed by atoms with van der Waals surface area (Å²) in [5.74, 6) is 0.408. The molecule has 3 N–H and O–H groups in total. The summed E-state index contributed by atoms with van der Waals surface area (Å²) in [6.07, 6.45) is -1.30. The molecule has 11 heteroatoms. The van der Waals surface area contributed by atoms with E-state index in [2.05, 4.69) is 25.7 Å². The highest BCUT2D eigenvalue weighted by Crippen LogP contribution is 2.26. The Morgan fingerprint density at radius 3 is 2.38 bits per heavy atom. The van der Waals surface area contributed by atoms with Gasteiger partial charge in [0.1, 0.15) is 22.9 Å². The van der Waals surface area contributed by atoms with Crippen LogP contribution in [0.1, 0.15) is 23.3 Å². The van der Waals surface area contributed by atoms with Gasteiger partial charge in [-0.3, -0.25) is 9.78 Å². The summed E-state index contributed by atoms with van der Waals surface area (Å²) >= 11 is 5.22. The van der Waals surface area contributed by atoms with E-state index in [1.165, 1.54) is 24.4 Å². The smallest absolute Gasteiger partial charge is 0.457 e. The monoisotopic (exact) mass is 488 g/mol. The molecular formula is C23H19F3N4O3S. The topological polar surface area (TPSA) is 84.5 Å². The van der Waals surface area contributed by atoms with Crippen molar-refractivity contribution >= 4 is 34.6 Å². The van der Waals surface area contributed by atoms with Crippen LogP contribution in [0.3, 0.4) is 0 Å². The Balaban J connectivity index is 1.32. The van der Waals surface area contributed by atoms with Crippen molar-refractivity contribution in [2.24, 2.45) is 0 Å². The summed E-state index contributed by atoms with van der Waals surface area (Å²) in [6.45, 7) is 0. The maximum Gasteiger partial charge on any atom is 0.573 e. The molecule has 1 aliphatic carbocycles. The van der Waals surface area contributed by atoms with E-state index in [0.29, 0.717) is 22.9 Å². The first-order valence-corrected chi connectivity index (χ1v) is 10.6. The Labute approximate surface area is 198 Å². The highest BCUT2D eigenvalue weighted by molar-refractivity contribution is 7.80. The molecule has 0 aliphatic heterocycles. The number of alkyl halides is 3. The summed E-state index contributed by atoms with van der Waals surface area (Å²) in [4.78, 5) is 16.2. The number of carbonyl (C=O) groups excluding carboxylic acids is 1. The quantitative estimate of drug-likeness (QED) is 0.380. The summed E-state index contributed by atoms with van der Waals surface area (Å²) in [5, 5.41) is 8.79. The molecule has 1 aliphatic rings. The molecular weight excluding hydrogens is 469 g/mol. The van der Waals surface area contributed by atoms with Gasteiger partial charge >= 0.3 is 6.36 Å². The summed E-state index contributed by atoms with van der Waals surface area (Å²) in [7, 11) is 0. The third kappa shape index (κ3) is 7.07. The van der Waals surface area contributed by atoms with Crippen LogP contribution in [0, 0.1) is 0 Å². The molecule has 3 aromatic rings. The number of carbonyl (C=O) groups is 1. The van der Waals surface area contributed by atoms with Gasteiger partial charge in [0.05, 0.1) is 0 Å². The van der Waals surface area contributed by atoms with E-state index in [9.17, 15) is 18.0 Å². The molecule has 1 amide bonds. The number of nitrogens with one attached hydrogen (secondary N) is 3. The minimum absolute atomic E-state index is 0.179. The van der Waals surface area contributed by atoms with Crippen LogP contribution in [0.25, 0.3) is 0 Å². The first-order valence-electron chi connectivity index (χ1n) is 10.2. The van der Waals surface area contributed by atoms with E-state index < -0.39 is 6.36 Å². The van der Waals surface area contributed by atoms with Crippen molar-refractivity contribution in [3.63, 3.8) is 0 Å². The summed E-state index contributed by atoms with van der Waals surface area (Å²) < 4.78 is 46.8. The van der Waals surface area contributed by atoms with Crippen molar-refractivity contribution in [3.05, 3.63) is 72.6 Å². The lowest BCUT2D eigenvalue weighted by Crippen LogP contribution is -2.26. The summed E-state index contributed by atoms with van der Waals surface area (Å²) in [5.41, 5.74) is 1.24. The second kappa shape index (κ2) is 9.96. The zero-order valence-corrected chi connectivity index (χ0v) is 18.4. The largest absolute Gasteiger partial charge is 0.573 e. The van der Waals surface area contributed by atoms with Crippen molar-refractivity contribution in [2.75, 3.05) is 10.6 Å². The van der Waals surface area contributed by atoms with E-state index >= 15 is 0 Å². The number of anilines is 2. The van der Waals surface area contributed by atoms with Crippen LogP contribution in [-0.2, 0) is 0 Å². The lowest BCUT2D eigenvalue weighted by atomic mass is 10.3. The molecule has 0 spiro atoms. The van der Waals surface area contributed by atoms with Gasteiger partial charge in [-0.25, -0.2) is 0 Å². The second-order valence-electron chi connectivity index (χ2n) is 7.41. The SMILES string of the molecule is O=C(NC1CC1)c1cc(Oc2ccc(NC(=S)Nc3cccc(OC(F)(F)F)c3)cc2)ccn1. The Bertz CT molecular complexity index is 1180. The van der Waals surface area contributed by atoms with Crippen LogP contribution in [0.5, 0.6) is 17.2 Å². The van der Waals surface area contributed by atoms with Crippen LogP contribution in [-0.4, -0.2) is 28.4 Å². The zero-order valence-electron chi connectivity index (χ0n) is 17.6. The van der Waals surface area contributed by atoms with Gasteiger partial charge in [-0.15, -0.1) is 13.2 Å². The van der Waals surface area contributed by atoms with Crippen molar-refractivity contribution in [1.29, 1.82) is 0 Å². The van der Waals surface area contributed by atoms with Crippen LogP contribution in [0.2, 0.25) is 0 Å². The Kier molecular flexibility index (Phi) is 6.82. The van der Waals surface area contributed by atoms with Crippen LogP contribution in [0.15, 0.2) is 66.9 Å². The highest BCUT2D eigenvalue weighted by Gasteiger charge is 2.31. The molecule has 1 fully saturated rings. The van der Waals surface area contributed by atoms with Gasteiger partial charge in [-0.05, 0) is 67.5 Å². The number of hydrogen-bond acceptors (Lipinski definition) is 5. The van der Waals surface area contributed by atoms with Crippen molar-refractivity contribution in [2.45, 2.75) is 25.2 Å². The van der Waals surface area contributed by atoms with Crippen molar-refractivity contribution in [3.8, 4) is 17.2 Å². The number of benzene rings is 2. The number of hydrogen-bond donors (Lipinski definition) is 3. The Morgan fingerprint density at radius 1 is 0.941 bits per heavy atom. The molecule has 1 heterocycles. The van der Waals surface area contributed by atoms with Crippen molar-refractivity contribution in [1.82, 2.24) is 10.3 Å². The fraction of sp³-hybridized carbons (Fsp3) is 0.174. The van der Waals surface area contributed by atoms with Gasteiger partial charge in [0.25, 0.3) is 5.91 Å². The molecule has 0 saturated heterocycles. The standard InChI is InChI=1S/C23H19F3N4O3S/c24-23(25,26)33-19-3-1-2-16(12-19)30-22(34)29-15-6-8-17(9-7-15)32-18-10-11-27-20(13-18)21(31)28-14-4-5-14/h1-3,6-14H,4-5H2,(H,28,31)(H2,29,30,34). The molecule has 2 aromatic carbocycles. The number of rotatable bonds is 7. The zero-order chi connectivity index (χ0) is 24.1. The number of ether oxygens (including phenoxy) is 2. The third-order valence-corrected chi connectivity index (χ3v) is 4.75. The number of halogens is 3. The number of nitrogens with zero attached hydrogens (tertiary/aromatic N) is 1. The lowest BCUT2D eigenvalue weighted by molar-refractivity contribution is -0.274. The van der Waals surface area contributed by atoms with Gasteiger partial charge in [0.15, 0.2) is 5.11 Å². The molecule has 4 rings (SSSR count). The Hall–Kier alpha value is -3.86. The summed E-state index contributed by atoms with van der Waals surface area (Å²) in [6, 6.07) is 15.6. The molecule has 1 aromatic heterocycles. The molecule has 1 saturated carbocycles. The van der Waals surface area contributed by atoms with Gasteiger partial charge in [-0.1, -0.05) is 6.07 Å². The van der Waals surface area contributed by atoms with Crippen LogP contribution < -0.4 is 25.4 Å². The van der Waals surface area contributed by atoms with Gasteiger partial charge < -0.3 is 25.4 Å². The number of thiocarbonyl (C=S) groups is 1. The molecule has 0 radical (unpaired) electrons. The Morgan fingerprint density at radius 2 is 1.68 bits per heavy atom. The minimum Gasteiger partial charge on any atom is -0.457 e. The molecule has 7 nitrogen and oxygen atoms in total. The van der Waals surface area contributed by atoms with Crippen LogP contribution in [0.4, 0.5) is 24.5 Å². The molecule has 34 heavy (non-hydrogen) atoms. The number of pyridine rings is 1. The van der Waals surface area contributed by atoms with E-state index in [-0.39, 0.29) is 28.5 Å². The van der Waals surface area contributed by atoms with E-state index in [0.717, 1.165) is 12.8 Å². The van der Waals surface area contributed by atoms with Gasteiger partial charge in [0.2, 0.25) is 0 Å². The van der Waals surface area contributed by atoms with Crippen molar-refractivity contribution < 1.29 is 27.4 Å². The normalized spacial score (nSPS) is 13.0. The number of aromatic nitrogens is 1. The average molecular weight is 488 g/mol.